The van der Waals surface area contributed by atoms with Crippen LogP contribution in [0.5, 0.6) is 5.75 Å². The predicted molar refractivity (Wildman–Crippen MR) is 106 cm³/mol. The maximum atomic E-state index is 14.6. The van der Waals surface area contributed by atoms with Gasteiger partial charge in [0.15, 0.2) is 0 Å². The summed E-state index contributed by atoms with van der Waals surface area (Å²) in [6, 6.07) is 9.22. The molecule has 2 aromatic carbocycles. The van der Waals surface area contributed by atoms with Crippen LogP contribution >= 0.6 is 0 Å². The van der Waals surface area contributed by atoms with E-state index in [0.29, 0.717) is 11.4 Å². The van der Waals surface area contributed by atoms with Crippen LogP contribution in [0.15, 0.2) is 36.4 Å². The summed E-state index contributed by atoms with van der Waals surface area (Å²) in [5.74, 6) is 0.284. The molecule has 1 aliphatic rings. The van der Waals surface area contributed by atoms with Crippen molar-refractivity contribution >= 4 is 17.3 Å². The quantitative estimate of drug-likeness (QED) is 0.426. The van der Waals surface area contributed by atoms with Gasteiger partial charge in [0, 0.05) is 17.4 Å². The summed E-state index contributed by atoms with van der Waals surface area (Å²) in [5.41, 5.74) is 13.1. The summed E-state index contributed by atoms with van der Waals surface area (Å²) in [7, 11) is 0. The predicted octanol–water partition coefficient (Wildman–Crippen LogP) is 5.28. The lowest BCUT2D eigenvalue weighted by atomic mass is 9.77. The van der Waals surface area contributed by atoms with Crippen molar-refractivity contribution in [2.45, 2.75) is 51.4 Å². The van der Waals surface area contributed by atoms with Crippen molar-refractivity contribution in [2.75, 3.05) is 11.5 Å². The number of esters is 1. The first kappa shape index (κ1) is 19.2. The van der Waals surface area contributed by atoms with E-state index in [2.05, 4.69) is 6.92 Å². The number of anilines is 2. The molecular weight excluding hydrogens is 343 g/mol. The zero-order valence-electron chi connectivity index (χ0n) is 15.7. The highest BCUT2D eigenvalue weighted by Gasteiger charge is 2.24. The fraction of sp³-hybridized carbons (Fsp3) is 0.409. The Bertz CT molecular complexity index is 794. The molecule has 4 nitrogen and oxygen atoms in total. The number of halogens is 1. The van der Waals surface area contributed by atoms with Crippen molar-refractivity contribution in [3.63, 3.8) is 0 Å². The maximum Gasteiger partial charge on any atom is 0.343 e. The first-order valence-corrected chi connectivity index (χ1v) is 9.64. The number of hydrogen-bond acceptors (Lipinski definition) is 4. The van der Waals surface area contributed by atoms with Gasteiger partial charge >= 0.3 is 5.97 Å². The Morgan fingerprint density at radius 3 is 2.33 bits per heavy atom. The molecule has 4 N–H and O–H groups in total. The Kier molecular flexibility index (Phi) is 5.99. The van der Waals surface area contributed by atoms with Gasteiger partial charge in [-0.1, -0.05) is 25.8 Å². The molecule has 0 spiro atoms. The third kappa shape index (κ3) is 4.79. The van der Waals surface area contributed by atoms with E-state index in [4.69, 9.17) is 16.2 Å². The molecule has 1 aliphatic carbocycles. The van der Waals surface area contributed by atoms with E-state index in [9.17, 15) is 9.18 Å². The van der Waals surface area contributed by atoms with Gasteiger partial charge in [-0.3, -0.25) is 0 Å². The van der Waals surface area contributed by atoms with Crippen molar-refractivity contribution in [3.8, 4) is 5.75 Å². The van der Waals surface area contributed by atoms with E-state index in [0.717, 1.165) is 37.2 Å². The normalized spacial score (nSPS) is 19.6. The summed E-state index contributed by atoms with van der Waals surface area (Å²) in [6.45, 7) is 2.21. The van der Waals surface area contributed by atoms with Crippen LogP contribution in [0.1, 0.15) is 67.3 Å². The zero-order valence-corrected chi connectivity index (χ0v) is 15.7. The van der Waals surface area contributed by atoms with Crippen molar-refractivity contribution < 1.29 is 13.9 Å². The molecule has 3 rings (SSSR count). The number of nitrogen functional groups attached to an aromatic ring is 2. The number of hydrogen-bond donors (Lipinski definition) is 2. The number of nitrogens with two attached hydrogens (primary N) is 2. The Morgan fingerprint density at radius 2 is 1.74 bits per heavy atom. The Morgan fingerprint density at radius 1 is 1.07 bits per heavy atom. The minimum Gasteiger partial charge on any atom is -0.423 e. The Balaban J connectivity index is 1.67. The van der Waals surface area contributed by atoms with Crippen molar-refractivity contribution in [3.05, 3.63) is 53.3 Å². The summed E-state index contributed by atoms with van der Waals surface area (Å²) in [4.78, 5) is 12.3. The summed E-state index contributed by atoms with van der Waals surface area (Å²) in [5, 5.41) is 0. The number of rotatable bonds is 5. The summed E-state index contributed by atoms with van der Waals surface area (Å²) < 4.78 is 19.9. The molecule has 2 aromatic rings. The van der Waals surface area contributed by atoms with Gasteiger partial charge in [-0.25, -0.2) is 9.18 Å². The largest absolute Gasteiger partial charge is 0.423 e. The van der Waals surface area contributed by atoms with Crippen LogP contribution in [0.4, 0.5) is 15.8 Å². The van der Waals surface area contributed by atoms with E-state index >= 15 is 0 Å². The van der Waals surface area contributed by atoms with E-state index < -0.39 is 5.97 Å². The van der Waals surface area contributed by atoms with Crippen molar-refractivity contribution in [1.29, 1.82) is 0 Å². The van der Waals surface area contributed by atoms with Crippen LogP contribution in [0.25, 0.3) is 0 Å². The Hall–Kier alpha value is -2.56. The van der Waals surface area contributed by atoms with Gasteiger partial charge in [-0.15, -0.1) is 0 Å². The molecule has 0 saturated heterocycles. The second kappa shape index (κ2) is 8.42. The minimum absolute atomic E-state index is 0.182. The van der Waals surface area contributed by atoms with Gasteiger partial charge in [0.05, 0.1) is 5.56 Å². The molecule has 0 unspecified atom stereocenters. The van der Waals surface area contributed by atoms with Crippen molar-refractivity contribution in [1.82, 2.24) is 0 Å². The van der Waals surface area contributed by atoms with E-state index in [1.807, 2.05) is 0 Å². The third-order valence-electron chi connectivity index (χ3n) is 5.38. The molecule has 144 valence electrons. The van der Waals surface area contributed by atoms with Gasteiger partial charge in [-0.05, 0) is 67.3 Å². The molecule has 5 heteroatoms. The minimum atomic E-state index is -0.610. The van der Waals surface area contributed by atoms with Gasteiger partial charge < -0.3 is 16.2 Å². The first-order chi connectivity index (χ1) is 13.0. The van der Waals surface area contributed by atoms with E-state index in [1.165, 1.54) is 31.0 Å². The second-order valence-corrected chi connectivity index (χ2v) is 7.47. The highest BCUT2D eigenvalue weighted by atomic mass is 19.1. The van der Waals surface area contributed by atoms with Crippen LogP contribution in [0.3, 0.4) is 0 Å². The van der Waals surface area contributed by atoms with Gasteiger partial charge in [0.25, 0.3) is 0 Å². The van der Waals surface area contributed by atoms with E-state index in [1.54, 1.807) is 18.2 Å². The van der Waals surface area contributed by atoms with Crippen LogP contribution < -0.4 is 16.2 Å². The Labute approximate surface area is 159 Å². The standard InChI is InChI=1S/C22H27FN2O2/c1-2-3-14-4-6-15(7-5-14)20-9-8-19(13-21(20)23)27-22(26)16-10-17(24)12-18(25)11-16/h8-15H,2-7,24-25H2,1H3. The molecule has 0 aliphatic heterocycles. The average molecular weight is 370 g/mol. The highest BCUT2D eigenvalue weighted by molar-refractivity contribution is 5.93. The molecule has 27 heavy (non-hydrogen) atoms. The molecule has 0 bridgehead atoms. The summed E-state index contributed by atoms with van der Waals surface area (Å²) >= 11 is 0. The maximum absolute atomic E-state index is 14.6. The van der Waals surface area contributed by atoms with E-state index in [-0.39, 0.29) is 23.0 Å². The van der Waals surface area contributed by atoms with Crippen LogP contribution in [-0.4, -0.2) is 5.97 Å². The lowest BCUT2D eigenvalue weighted by Crippen LogP contribution is -2.14. The molecule has 1 fully saturated rings. The van der Waals surface area contributed by atoms with Gasteiger partial charge in [0.1, 0.15) is 11.6 Å². The number of carbonyl (C=O) groups is 1. The molecule has 0 radical (unpaired) electrons. The molecule has 0 atom stereocenters. The number of benzene rings is 2. The lowest BCUT2D eigenvalue weighted by Gasteiger charge is -2.28. The van der Waals surface area contributed by atoms with Gasteiger partial charge in [0.2, 0.25) is 0 Å². The summed E-state index contributed by atoms with van der Waals surface area (Å²) in [6.07, 6.45) is 6.82. The lowest BCUT2D eigenvalue weighted by molar-refractivity contribution is 0.0734. The second-order valence-electron chi connectivity index (χ2n) is 7.47. The SMILES string of the molecule is CCCC1CCC(c2ccc(OC(=O)c3cc(N)cc(N)c3)cc2F)CC1. The fourth-order valence-electron chi connectivity index (χ4n) is 4.03. The third-order valence-corrected chi connectivity index (χ3v) is 5.38. The number of ether oxygens (including phenoxy) is 1. The molecule has 0 heterocycles. The average Bonchev–Trinajstić information content (AvgIpc) is 2.62. The molecular formula is C22H27FN2O2. The van der Waals surface area contributed by atoms with Crippen LogP contribution in [-0.2, 0) is 0 Å². The van der Waals surface area contributed by atoms with Gasteiger partial charge in [-0.2, -0.15) is 0 Å². The zero-order chi connectivity index (χ0) is 19.4. The first-order valence-electron chi connectivity index (χ1n) is 9.64. The monoisotopic (exact) mass is 370 g/mol. The fourth-order valence-corrected chi connectivity index (χ4v) is 4.03. The smallest absolute Gasteiger partial charge is 0.343 e. The van der Waals surface area contributed by atoms with Crippen LogP contribution in [0.2, 0.25) is 0 Å². The molecule has 1 saturated carbocycles. The highest BCUT2D eigenvalue weighted by Crippen LogP contribution is 2.39. The van der Waals surface area contributed by atoms with Crippen molar-refractivity contribution in [2.24, 2.45) is 5.92 Å². The molecule has 0 amide bonds. The topological polar surface area (TPSA) is 78.3 Å². The molecule has 0 aromatic heterocycles. The van der Waals surface area contributed by atoms with Crippen LogP contribution in [0, 0.1) is 11.7 Å². The number of carbonyl (C=O) groups excluding carboxylic acids is 1.